The Hall–Kier alpha value is -1.99. The zero-order chi connectivity index (χ0) is 20.2. The maximum atomic E-state index is 5.67. The van der Waals surface area contributed by atoms with E-state index >= 15 is 0 Å². The number of rotatable bonds is 11. The first-order valence-electron chi connectivity index (χ1n) is 9.95. The van der Waals surface area contributed by atoms with Gasteiger partial charge >= 0.3 is 0 Å². The third kappa shape index (κ3) is 6.87. The van der Waals surface area contributed by atoms with Crippen LogP contribution in [-0.2, 0) is 15.9 Å². The number of likely N-dealkylation sites (tertiary alicyclic amines) is 1. The van der Waals surface area contributed by atoms with Crippen molar-refractivity contribution in [1.82, 2.24) is 10.2 Å². The van der Waals surface area contributed by atoms with Crippen molar-refractivity contribution in [3.8, 4) is 11.5 Å². The monoisotopic (exact) mass is 393 g/mol. The number of hydrogen-bond donors (Lipinski definition) is 1. The van der Waals surface area contributed by atoms with E-state index in [0.717, 1.165) is 63.0 Å². The van der Waals surface area contributed by atoms with Gasteiger partial charge in [-0.3, -0.25) is 4.99 Å². The van der Waals surface area contributed by atoms with E-state index in [1.165, 1.54) is 5.56 Å². The highest BCUT2D eigenvalue weighted by Gasteiger charge is 2.24. The SMILES string of the molecule is CN=C(NCCCc1ccc(OC)c(OC)c1)N1CCC(COCCOC)C1. The number of benzene rings is 1. The third-order valence-electron chi connectivity index (χ3n) is 4.96. The Bertz CT molecular complexity index is 609. The van der Waals surface area contributed by atoms with Crippen LogP contribution in [0.5, 0.6) is 11.5 Å². The second-order valence-corrected chi connectivity index (χ2v) is 6.94. The molecule has 1 atom stereocenters. The van der Waals surface area contributed by atoms with Gasteiger partial charge in [0.15, 0.2) is 17.5 Å². The van der Waals surface area contributed by atoms with Crippen molar-refractivity contribution in [3.63, 3.8) is 0 Å². The van der Waals surface area contributed by atoms with Crippen molar-refractivity contribution in [3.05, 3.63) is 23.8 Å². The van der Waals surface area contributed by atoms with E-state index < -0.39 is 0 Å². The molecular weight excluding hydrogens is 358 g/mol. The molecule has 0 aliphatic carbocycles. The molecule has 0 saturated carbocycles. The molecule has 1 saturated heterocycles. The van der Waals surface area contributed by atoms with E-state index in [1.807, 2.05) is 19.2 Å². The summed E-state index contributed by atoms with van der Waals surface area (Å²) < 4.78 is 21.4. The molecule has 28 heavy (non-hydrogen) atoms. The van der Waals surface area contributed by atoms with Gasteiger partial charge in [0.2, 0.25) is 0 Å². The summed E-state index contributed by atoms with van der Waals surface area (Å²) in [7, 11) is 6.86. The van der Waals surface area contributed by atoms with Crippen molar-refractivity contribution in [2.45, 2.75) is 19.3 Å². The van der Waals surface area contributed by atoms with Crippen molar-refractivity contribution < 1.29 is 18.9 Å². The van der Waals surface area contributed by atoms with Gasteiger partial charge in [0, 0.05) is 39.7 Å². The van der Waals surface area contributed by atoms with Crippen LogP contribution in [0.4, 0.5) is 0 Å². The fourth-order valence-electron chi connectivity index (χ4n) is 3.41. The van der Waals surface area contributed by atoms with E-state index in [2.05, 4.69) is 21.3 Å². The summed E-state index contributed by atoms with van der Waals surface area (Å²) >= 11 is 0. The van der Waals surface area contributed by atoms with Crippen LogP contribution in [0, 0.1) is 5.92 Å². The van der Waals surface area contributed by atoms with Crippen LogP contribution in [0.1, 0.15) is 18.4 Å². The van der Waals surface area contributed by atoms with Crippen LogP contribution < -0.4 is 14.8 Å². The number of guanidine groups is 1. The van der Waals surface area contributed by atoms with Crippen LogP contribution in [0.2, 0.25) is 0 Å². The largest absolute Gasteiger partial charge is 0.493 e. The van der Waals surface area contributed by atoms with Crippen molar-refractivity contribution in [1.29, 1.82) is 0 Å². The van der Waals surface area contributed by atoms with Gasteiger partial charge in [-0.15, -0.1) is 0 Å². The first kappa shape index (κ1) is 22.3. The molecule has 158 valence electrons. The standard InChI is InChI=1S/C21H35N3O4/c1-22-21(24-11-9-18(15-24)16-28-13-12-25-2)23-10-5-6-17-7-8-19(26-3)20(14-17)27-4/h7-8,14,18H,5-6,9-13,15-16H2,1-4H3,(H,22,23). The minimum atomic E-state index is 0.558. The average molecular weight is 394 g/mol. The summed E-state index contributed by atoms with van der Waals surface area (Å²) in [5, 5.41) is 3.49. The van der Waals surface area contributed by atoms with Gasteiger partial charge < -0.3 is 29.2 Å². The molecule has 0 spiro atoms. The first-order valence-corrected chi connectivity index (χ1v) is 9.95. The second-order valence-electron chi connectivity index (χ2n) is 6.94. The lowest BCUT2D eigenvalue weighted by atomic mass is 10.1. The van der Waals surface area contributed by atoms with E-state index in [9.17, 15) is 0 Å². The smallest absolute Gasteiger partial charge is 0.193 e. The van der Waals surface area contributed by atoms with Gasteiger partial charge in [-0.25, -0.2) is 0 Å². The highest BCUT2D eigenvalue weighted by molar-refractivity contribution is 5.80. The van der Waals surface area contributed by atoms with E-state index in [1.54, 1.807) is 21.3 Å². The quantitative estimate of drug-likeness (QED) is 0.353. The summed E-state index contributed by atoms with van der Waals surface area (Å²) in [5.41, 5.74) is 1.24. The summed E-state index contributed by atoms with van der Waals surface area (Å²) in [6.07, 6.45) is 3.13. The number of nitrogens with zero attached hydrogens (tertiary/aromatic N) is 2. The van der Waals surface area contributed by atoms with Crippen molar-refractivity contribution in [2.24, 2.45) is 10.9 Å². The predicted octanol–water partition coefficient (Wildman–Crippen LogP) is 2.20. The van der Waals surface area contributed by atoms with E-state index in [0.29, 0.717) is 19.1 Å². The fraction of sp³-hybridized carbons (Fsp3) is 0.667. The molecule has 0 amide bonds. The molecule has 0 aromatic heterocycles. The van der Waals surface area contributed by atoms with Gasteiger partial charge in [0.1, 0.15) is 0 Å². The summed E-state index contributed by atoms with van der Waals surface area (Å²) in [6.45, 7) is 4.99. The molecule has 1 aliphatic rings. The average Bonchev–Trinajstić information content (AvgIpc) is 3.19. The number of aryl methyl sites for hydroxylation is 1. The lowest BCUT2D eigenvalue weighted by Gasteiger charge is -2.21. The highest BCUT2D eigenvalue weighted by Crippen LogP contribution is 2.27. The van der Waals surface area contributed by atoms with Crippen LogP contribution in [0.15, 0.2) is 23.2 Å². The Morgan fingerprint density at radius 1 is 1.18 bits per heavy atom. The summed E-state index contributed by atoms with van der Waals surface area (Å²) in [6, 6.07) is 6.09. The zero-order valence-corrected chi connectivity index (χ0v) is 17.7. The molecule has 1 unspecified atom stereocenters. The van der Waals surface area contributed by atoms with Gasteiger partial charge in [-0.05, 0) is 37.0 Å². The number of hydrogen-bond acceptors (Lipinski definition) is 5. The minimum absolute atomic E-state index is 0.558. The molecule has 1 aliphatic heterocycles. The number of aliphatic imine (C=N–C) groups is 1. The Morgan fingerprint density at radius 2 is 2.00 bits per heavy atom. The molecule has 1 fully saturated rings. The number of nitrogens with one attached hydrogen (secondary N) is 1. The van der Waals surface area contributed by atoms with Gasteiger partial charge in [-0.1, -0.05) is 6.07 Å². The molecule has 2 rings (SSSR count). The Balaban J connectivity index is 1.70. The zero-order valence-electron chi connectivity index (χ0n) is 17.7. The highest BCUT2D eigenvalue weighted by atomic mass is 16.5. The van der Waals surface area contributed by atoms with E-state index in [4.69, 9.17) is 18.9 Å². The van der Waals surface area contributed by atoms with E-state index in [-0.39, 0.29) is 0 Å². The number of ether oxygens (including phenoxy) is 4. The van der Waals surface area contributed by atoms with Gasteiger partial charge in [-0.2, -0.15) is 0 Å². The van der Waals surface area contributed by atoms with Gasteiger partial charge in [0.25, 0.3) is 0 Å². The Kier molecular flexibility index (Phi) is 9.93. The molecule has 7 nitrogen and oxygen atoms in total. The van der Waals surface area contributed by atoms with Crippen molar-refractivity contribution in [2.75, 3.05) is 67.8 Å². The minimum Gasteiger partial charge on any atom is -0.493 e. The molecule has 1 aromatic rings. The maximum absolute atomic E-state index is 5.67. The predicted molar refractivity (Wildman–Crippen MR) is 112 cm³/mol. The molecule has 7 heteroatoms. The molecule has 1 N–H and O–H groups in total. The summed E-state index contributed by atoms with van der Waals surface area (Å²) in [4.78, 5) is 6.76. The van der Waals surface area contributed by atoms with Gasteiger partial charge in [0.05, 0.1) is 34.0 Å². The maximum Gasteiger partial charge on any atom is 0.193 e. The topological polar surface area (TPSA) is 64.6 Å². The Labute approximate surface area is 169 Å². The lowest BCUT2D eigenvalue weighted by molar-refractivity contribution is 0.0536. The van der Waals surface area contributed by atoms with Crippen LogP contribution >= 0.6 is 0 Å². The van der Waals surface area contributed by atoms with Crippen LogP contribution in [-0.4, -0.2) is 78.7 Å². The molecular formula is C21H35N3O4. The normalized spacial score (nSPS) is 17.1. The fourth-order valence-corrected chi connectivity index (χ4v) is 3.41. The lowest BCUT2D eigenvalue weighted by Crippen LogP contribution is -2.40. The third-order valence-corrected chi connectivity index (χ3v) is 4.96. The van der Waals surface area contributed by atoms with Crippen LogP contribution in [0.3, 0.4) is 0 Å². The van der Waals surface area contributed by atoms with Crippen LogP contribution in [0.25, 0.3) is 0 Å². The first-order chi connectivity index (χ1) is 13.7. The Morgan fingerprint density at radius 3 is 2.71 bits per heavy atom. The molecule has 0 radical (unpaired) electrons. The summed E-state index contributed by atoms with van der Waals surface area (Å²) in [5.74, 6) is 3.08. The number of methoxy groups -OCH3 is 3. The second kappa shape index (κ2) is 12.5. The molecule has 1 aromatic carbocycles. The van der Waals surface area contributed by atoms with Crippen molar-refractivity contribution >= 4 is 5.96 Å². The molecule has 1 heterocycles. The molecule has 0 bridgehead atoms.